The van der Waals surface area contributed by atoms with E-state index in [1.807, 2.05) is 71.6 Å². The Kier molecular flexibility index (Phi) is 10.4. The highest BCUT2D eigenvalue weighted by Gasteiger charge is 2.46. The van der Waals surface area contributed by atoms with Gasteiger partial charge in [-0.15, -0.1) is 0 Å². The second-order valence-electron chi connectivity index (χ2n) is 20.5. The fourth-order valence-corrected chi connectivity index (χ4v) is 12.6. The largest absolute Gasteiger partial charge is 0.310 e. The van der Waals surface area contributed by atoms with Crippen LogP contribution in [0.1, 0.15) is 27.7 Å². The maximum Gasteiger partial charge on any atom is 0.0714 e. The second kappa shape index (κ2) is 19.5. The van der Waals surface area contributed by atoms with E-state index >= 15 is 0 Å². The summed E-state index contributed by atoms with van der Waals surface area (Å²) in [6, 6.07) is 103. The first-order chi connectivity index (χ1) is 41.4. The highest BCUT2D eigenvalue weighted by atomic mass is 15.2. The van der Waals surface area contributed by atoms with E-state index in [-0.39, 0.29) is 35.4 Å². The summed E-state index contributed by atoms with van der Waals surface area (Å²) >= 11 is 0. The van der Waals surface area contributed by atoms with E-state index < -0.39 is 5.41 Å². The van der Waals surface area contributed by atoms with Crippen LogP contribution >= 0.6 is 0 Å². The molecular weight excluding hydrogens is 967 g/mol. The molecule has 1 heterocycles. The van der Waals surface area contributed by atoms with E-state index in [1.54, 1.807) is 0 Å². The normalized spacial score (nSPS) is 13.1. The van der Waals surface area contributed by atoms with Crippen molar-refractivity contribution in [3.8, 4) is 39.1 Å². The average Bonchev–Trinajstić information content (AvgIpc) is 1.66. The molecule has 13 aromatic carbocycles. The van der Waals surface area contributed by atoms with Gasteiger partial charge in [0.05, 0.1) is 27.6 Å². The van der Waals surface area contributed by atoms with Crippen LogP contribution in [0.4, 0.5) is 34.1 Å². The van der Waals surface area contributed by atoms with Gasteiger partial charge in [-0.2, -0.15) is 0 Å². The molecule has 1 aliphatic carbocycles. The minimum atomic E-state index is -0.700. The zero-order valence-electron chi connectivity index (χ0n) is 47.6. The molecule has 3 heteroatoms. The van der Waals surface area contributed by atoms with Gasteiger partial charge in [0, 0.05) is 50.3 Å². The van der Waals surface area contributed by atoms with Gasteiger partial charge in [0.15, 0.2) is 0 Å². The molecule has 0 saturated carbocycles. The first kappa shape index (κ1) is 42.6. The van der Waals surface area contributed by atoms with Crippen LogP contribution in [0, 0.1) is 0 Å². The Labute approximate surface area is 472 Å². The van der Waals surface area contributed by atoms with Gasteiger partial charge in [-0.05, 0) is 146 Å². The number of fused-ring (bicyclic) bond motifs is 7. The van der Waals surface area contributed by atoms with Crippen molar-refractivity contribution in [2.24, 2.45) is 0 Å². The molecule has 0 unspecified atom stereocenters. The van der Waals surface area contributed by atoms with E-state index in [2.05, 4.69) is 240 Å². The molecule has 14 aromatic rings. The summed E-state index contributed by atoms with van der Waals surface area (Å²) in [5, 5.41) is 3.99. The van der Waals surface area contributed by atoms with Crippen molar-refractivity contribution in [3.63, 3.8) is 0 Å². The quantitative estimate of drug-likeness (QED) is 0.128. The zero-order valence-corrected chi connectivity index (χ0v) is 43.6. The minimum Gasteiger partial charge on any atom is -0.310 e. The topological polar surface area (TPSA) is 11.4 Å². The molecule has 0 spiro atoms. The Morgan fingerprint density at radius 3 is 1.54 bits per heavy atom. The fourth-order valence-electron chi connectivity index (χ4n) is 12.6. The van der Waals surface area contributed by atoms with Crippen molar-refractivity contribution in [1.29, 1.82) is 0 Å². The molecule has 376 valence electrons. The Bertz CT molecular complexity index is 4750. The van der Waals surface area contributed by atoms with Gasteiger partial charge in [-0.25, -0.2) is 0 Å². The summed E-state index contributed by atoms with van der Waals surface area (Å²) in [5.41, 5.74) is 16.7. The third-order valence-corrected chi connectivity index (χ3v) is 16.1. The molecule has 0 radical (unpaired) electrons. The Balaban J connectivity index is 0.907. The predicted octanol–water partition coefficient (Wildman–Crippen LogP) is 20.6. The van der Waals surface area contributed by atoms with Crippen LogP contribution in [0.2, 0.25) is 0 Å². The SMILES string of the molecule is [2H]c1c([2H])c(N(c2ccccc2)c2ccc3c(c2)C(c2ccccc2)(c2ccccc2)c2ccccc2-3)c([2H])c([2H])c1-c1cccc2c(N(c3ccc(-c4ccccc4)cc3)c3ccc4c5ccccc5n(-c5ccccc5)c4c3)cccc12. The average molecular weight is 1020 g/mol. The highest BCUT2D eigenvalue weighted by molar-refractivity contribution is 6.11. The molecule has 0 atom stereocenters. The van der Waals surface area contributed by atoms with Crippen molar-refractivity contribution in [2.45, 2.75) is 5.41 Å². The molecule has 1 aromatic heterocycles. The van der Waals surface area contributed by atoms with Crippen molar-refractivity contribution < 1.29 is 5.48 Å². The lowest BCUT2D eigenvalue weighted by molar-refractivity contribution is 0.768. The van der Waals surface area contributed by atoms with E-state index in [4.69, 9.17) is 0 Å². The molecule has 80 heavy (non-hydrogen) atoms. The molecule has 0 bridgehead atoms. The van der Waals surface area contributed by atoms with Crippen LogP contribution in [0.3, 0.4) is 0 Å². The molecule has 3 nitrogen and oxygen atoms in total. The van der Waals surface area contributed by atoms with Crippen molar-refractivity contribution in [1.82, 2.24) is 4.57 Å². The van der Waals surface area contributed by atoms with Crippen molar-refractivity contribution in [3.05, 3.63) is 344 Å². The fraction of sp³-hybridized carbons (Fsp3) is 0.0130. The lowest BCUT2D eigenvalue weighted by atomic mass is 9.67. The summed E-state index contributed by atoms with van der Waals surface area (Å²) in [4.78, 5) is 4.20. The van der Waals surface area contributed by atoms with E-state index in [9.17, 15) is 5.48 Å². The number of aromatic nitrogens is 1. The van der Waals surface area contributed by atoms with Crippen LogP contribution in [-0.2, 0) is 5.41 Å². The smallest absolute Gasteiger partial charge is 0.0714 e. The number of hydrogen-bond acceptors (Lipinski definition) is 2. The zero-order chi connectivity index (χ0) is 56.5. The maximum absolute atomic E-state index is 10.1. The molecule has 0 aliphatic heterocycles. The first-order valence-electron chi connectivity index (χ1n) is 29.3. The van der Waals surface area contributed by atoms with E-state index in [0.29, 0.717) is 16.9 Å². The molecule has 0 saturated heterocycles. The summed E-state index contributed by atoms with van der Waals surface area (Å²) < 4.78 is 42.8. The molecular formula is C77H53N3. The first-order valence-corrected chi connectivity index (χ1v) is 27.3. The Morgan fingerprint density at radius 2 is 0.800 bits per heavy atom. The van der Waals surface area contributed by atoms with Crippen molar-refractivity contribution >= 4 is 66.7 Å². The summed E-state index contributed by atoms with van der Waals surface area (Å²) in [6.45, 7) is 0. The molecule has 0 amide bonds. The number of benzene rings is 13. The lowest BCUT2D eigenvalue weighted by Gasteiger charge is -2.35. The van der Waals surface area contributed by atoms with Gasteiger partial charge in [-0.3, -0.25) is 0 Å². The maximum atomic E-state index is 10.1. The highest BCUT2D eigenvalue weighted by Crippen LogP contribution is 2.57. The Hall–Kier alpha value is -10.5. The molecule has 0 N–H and O–H groups in total. The van der Waals surface area contributed by atoms with Crippen LogP contribution in [-0.4, -0.2) is 4.57 Å². The number of rotatable bonds is 11. The molecule has 1 aliphatic rings. The monoisotopic (exact) mass is 1020 g/mol. The summed E-state index contributed by atoms with van der Waals surface area (Å²) in [5.74, 6) is 0. The van der Waals surface area contributed by atoms with Crippen LogP contribution in [0.5, 0.6) is 0 Å². The van der Waals surface area contributed by atoms with Gasteiger partial charge in [0.1, 0.15) is 0 Å². The van der Waals surface area contributed by atoms with Crippen LogP contribution in [0.25, 0.3) is 71.6 Å². The lowest BCUT2D eigenvalue weighted by Crippen LogP contribution is -2.28. The van der Waals surface area contributed by atoms with Crippen LogP contribution < -0.4 is 9.80 Å². The third kappa shape index (κ3) is 7.66. The summed E-state index contributed by atoms with van der Waals surface area (Å²) in [7, 11) is 0. The van der Waals surface area contributed by atoms with Crippen molar-refractivity contribution in [2.75, 3.05) is 9.80 Å². The Morgan fingerprint density at radius 1 is 0.287 bits per heavy atom. The molecule has 0 fully saturated rings. The number of para-hydroxylation sites is 3. The van der Waals surface area contributed by atoms with Gasteiger partial charge < -0.3 is 14.4 Å². The van der Waals surface area contributed by atoms with Crippen LogP contribution in [0.15, 0.2) is 321 Å². The number of anilines is 6. The molecule has 15 rings (SSSR count). The second-order valence-corrected chi connectivity index (χ2v) is 20.5. The number of nitrogens with zero attached hydrogens (tertiary/aromatic N) is 3. The third-order valence-electron chi connectivity index (χ3n) is 16.1. The van der Waals surface area contributed by atoms with Gasteiger partial charge in [0.2, 0.25) is 0 Å². The van der Waals surface area contributed by atoms with E-state index in [1.165, 1.54) is 10.9 Å². The minimum absolute atomic E-state index is 0.131. The van der Waals surface area contributed by atoms with E-state index in [0.717, 1.165) is 88.9 Å². The standard InChI is InChI=1S/C77H53N3/c1-6-22-54(23-7-1)55-40-44-62(45-41-55)79(64-49-51-71-70-33-17-19-38-75(70)80(76(71)53-64)60-30-14-5-15-31-60)74-39-21-35-66-65(34-20-36-69(66)74)56-42-46-61(47-43-56)78(59-28-12-4-13-29-59)63-48-50-68-67-32-16-18-37-72(67)77(73(68)52-63,57-24-8-2-9-25-57)58-26-10-3-11-27-58/h1-53H/i42D,43D,46D,47D. The summed E-state index contributed by atoms with van der Waals surface area (Å²) in [6.07, 6.45) is 0. The van der Waals surface area contributed by atoms with Gasteiger partial charge in [0.25, 0.3) is 0 Å². The predicted molar refractivity (Wildman–Crippen MR) is 336 cm³/mol. The number of hydrogen-bond donors (Lipinski definition) is 0. The van der Waals surface area contributed by atoms with Gasteiger partial charge >= 0.3 is 0 Å². The van der Waals surface area contributed by atoms with Gasteiger partial charge in [-0.1, -0.05) is 237 Å².